The zero-order valence-electron chi connectivity index (χ0n) is 9.93. The molecule has 5 nitrogen and oxygen atoms in total. The summed E-state index contributed by atoms with van der Waals surface area (Å²) in [5, 5.41) is 11.7. The first-order valence-corrected chi connectivity index (χ1v) is 5.91. The third-order valence-corrected chi connectivity index (χ3v) is 3.42. The Morgan fingerprint density at radius 3 is 2.33 bits per heavy atom. The standard InChI is InChI=1S/C13H16N2O3/c14-10(9-5-2-1-3-6-9)11(16)15-13(12(17)18)7-4-8-13/h1-3,5-6,10H,4,7-8,14H2,(H,15,16)(H,17,18)/t10-/m1/s1. The number of carboxylic acid groups (broad SMARTS) is 1. The number of nitrogens with two attached hydrogens (primary N) is 1. The molecule has 1 aliphatic carbocycles. The van der Waals surface area contributed by atoms with Crippen molar-refractivity contribution in [3.8, 4) is 0 Å². The second-order valence-corrected chi connectivity index (χ2v) is 4.62. The van der Waals surface area contributed by atoms with Crippen LogP contribution in [0, 0.1) is 0 Å². The fraction of sp³-hybridized carbons (Fsp3) is 0.385. The fourth-order valence-corrected chi connectivity index (χ4v) is 2.05. The lowest BCUT2D eigenvalue weighted by molar-refractivity contribution is -0.152. The molecule has 1 aromatic rings. The number of benzene rings is 1. The van der Waals surface area contributed by atoms with Crippen LogP contribution < -0.4 is 11.1 Å². The Labute approximate surface area is 105 Å². The number of nitrogens with one attached hydrogen (secondary N) is 1. The molecule has 5 heteroatoms. The normalized spacial score (nSPS) is 18.5. The number of carbonyl (C=O) groups excluding carboxylic acids is 1. The highest BCUT2D eigenvalue weighted by Crippen LogP contribution is 2.32. The number of hydrogen-bond donors (Lipinski definition) is 3. The molecule has 1 fully saturated rings. The maximum atomic E-state index is 12.0. The van der Waals surface area contributed by atoms with E-state index in [9.17, 15) is 9.59 Å². The molecule has 0 aliphatic heterocycles. The van der Waals surface area contributed by atoms with Crippen molar-refractivity contribution in [1.82, 2.24) is 5.32 Å². The Kier molecular flexibility index (Phi) is 3.34. The van der Waals surface area contributed by atoms with E-state index in [0.717, 1.165) is 6.42 Å². The summed E-state index contributed by atoms with van der Waals surface area (Å²) in [4.78, 5) is 23.1. The van der Waals surface area contributed by atoms with E-state index in [1.54, 1.807) is 24.3 Å². The molecule has 0 unspecified atom stereocenters. The van der Waals surface area contributed by atoms with Gasteiger partial charge in [0, 0.05) is 0 Å². The quantitative estimate of drug-likeness (QED) is 0.735. The van der Waals surface area contributed by atoms with Crippen molar-refractivity contribution in [3.05, 3.63) is 35.9 Å². The second kappa shape index (κ2) is 4.78. The van der Waals surface area contributed by atoms with Crippen LogP contribution in [0.4, 0.5) is 0 Å². The van der Waals surface area contributed by atoms with Crippen molar-refractivity contribution in [3.63, 3.8) is 0 Å². The molecule has 0 bridgehead atoms. The van der Waals surface area contributed by atoms with Crippen molar-refractivity contribution in [2.45, 2.75) is 30.8 Å². The van der Waals surface area contributed by atoms with Crippen LogP contribution in [-0.2, 0) is 9.59 Å². The Bertz CT molecular complexity index is 455. The largest absolute Gasteiger partial charge is 0.480 e. The van der Waals surface area contributed by atoms with Gasteiger partial charge in [0.15, 0.2) is 0 Å². The third kappa shape index (κ3) is 2.22. The van der Waals surface area contributed by atoms with E-state index in [4.69, 9.17) is 10.8 Å². The molecule has 96 valence electrons. The highest BCUT2D eigenvalue weighted by atomic mass is 16.4. The van der Waals surface area contributed by atoms with Crippen molar-refractivity contribution >= 4 is 11.9 Å². The summed E-state index contributed by atoms with van der Waals surface area (Å²) in [6.07, 6.45) is 1.75. The molecule has 1 aliphatic rings. The van der Waals surface area contributed by atoms with Crippen molar-refractivity contribution in [2.75, 3.05) is 0 Å². The van der Waals surface area contributed by atoms with Gasteiger partial charge >= 0.3 is 5.97 Å². The second-order valence-electron chi connectivity index (χ2n) is 4.62. The monoisotopic (exact) mass is 248 g/mol. The van der Waals surface area contributed by atoms with E-state index in [1.807, 2.05) is 6.07 Å². The van der Waals surface area contributed by atoms with Crippen LogP contribution in [0.25, 0.3) is 0 Å². The molecular formula is C13H16N2O3. The van der Waals surface area contributed by atoms with E-state index in [1.165, 1.54) is 0 Å². The van der Waals surface area contributed by atoms with E-state index >= 15 is 0 Å². The molecule has 0 radical (unpaired) electrons. The zero-order chi connectivity index (χ0) is 13.2. The average molecular weight is 248 g/mol. The predicted octanol–water partition coefficient (Wildman–Crippen LogP) is 0.810. The summed E-state index contributed by atoms with van der Waals surface area (Å²) in [5.74, 6) is -1.43. The molecule has 0 spiro atoms. The molecule has 1 amide bonds. The Morgan fingerprint density at radius 1 is 1.28 bits per heavy atom. The van der Waals surface area contributed by atoms with Crippen LogP contribution in [0.3, 0.4) is 0 Å². The van der Waals surface area contributed by atoms with Gasteiger partial charge in [-0.05, 0) is 24.8 Å². The summed E-state index contributed by atoms with van der Waals surface area (Å²) in [6, 6.07) is 8.08. The summed E-state index contributed by atoms with van der Waals surface area (Å²) < 4.78 is 0. The molecule has 4 N–H and O–H groups in total. The Hall–Kier alpha value is -1.88. The fourth-order valence-electron chi connectivity index (χ4n) is 2.05. The lowest BCUT2D eigenvalue weighted by Gasteiger charge is -2.38. The molecule has 0 saturated heterocycles. The van der Waals surface area contributed by atoms with E-state index in [0.29, 0.717) is 18.4 Å². The Balaban J connectivity index is 2.06. The summed E-state index contributed by atoms with van der Waals surface area (Å²) in [5.41, 5.74) is 5.39. The van der Waals surface area contributed by atoms with Gasteiger partial charge in [-0.2, -0.15) is 0 Å². The zero-order valence-corrected chi connectivity index (χ0v) is 9.93. The summed E-state index contributed by atoms with van der Waals surface area (Å²) in [6.45, 7) is 0. The van der Waals surface area contributed by atoms with Crippen LogP contribution in [0.2, 0.25) is 0 Å². The maximum Gasteiger partial charge on any atom is 0.329 e. The topological polar surface area (TPSA) is 92.4 Å². The van der Waals surface area contributed by atoms with Crippen LogP contribution in [0.15, 0.2) is 30.3 Å². The van der Waals surface area contributed by atoms with Gasteiger partial charge in [-0.3, -0.25) is 4.79 Å². The van der Waals surface area contributed by atoms with Gasteiger partial charge in [0.2, 0.25) is 5.91 Å². The van der Waals surface area contributed by atoms with Gasteiger partial charge in [-0.1, -0.05) is 30.3 Å². The van der Waals surface area contributed by atoms with Gasteiger partial charge in [0.1, 0.15) is 11.6 Å². The SMILES string of the molecule is N[C@@H](C(=O)NC1(C(=O)O)CCC1)c1ccccc1. The molecule has 1 saturated carbocycles. The highest BCUT2D eigenvalue weighted by Gasteiger charge is 2.46. The molecule has 18 heavy (non-hydrogen) atoms. The number of amides is 1. The minimum atomic E-state index is -1.11. The van der Waals surface area contributed by atoms with Crippen molar-refractivity contribution in [1.29, 1.82) is 0 Å². The first-order valence-electron chi connectivity index (χ1n) is 5.91. The number of carbonyl (C=O) groups is 2. The van der Waals surface area contributed by atoms with Crippen molar-refractivity contribution in [2.24, 2.45) is 5.73 Å². The number of hydrogen-bond acceptors (Lipinski definition) is 3. The number of aliphatic carboxylic acids is 1. The van der Waals surface area contributed by atoms with E-state index < -0.39 is 23.5 Å². The molecular weight excluding hydrogens is 232 g/mol. The number of rotatable bonds is 4. The minimum Gasteiger partial charge on any atom is -0.480 e. The molecule has 1 aromatic carbocycles. The van der Waals surface area contributed by atoms with Gasteiger partial charge in [0.25, 0.3) is 0 Å². The molecule has 0 heterocycles. The highest BCUT2D eigenvalue weighted by molar-refractivity contribution is 5.90. The maximum absolute atomic E-state index is 12.0. The smallest absolute Gasteiger partial charge is 0.329 e. The van der Waals surface area contributed by atoms with Gasteiger partial charge < -0.3 is 16.2 Å². The first kappa shape index (κ1) is 12.6. The van der Waals surface area contributed by atoms with Crippen LogP contribution >= 0.6 is 0 Å². The summed E-state index contributed by atoms with van der Waals surface area (Å²) in [7, 11) is 0. The lowest BCUT2D eigenvalue weighted by Crippen LogP contribution is -2.60. The van der Waals surface area contributed by atoms with E-state index in [2.05, 4.69) is 5.32 Å². The number of carboxylic acids is 1. The van der Waals surface area contributed by atoms with Crippen LogP contribution in [-0.4, -0.2) is 22.5 Å². The van der Waals surface area contributed by atoms with Crippen molar-refractivity contribution < 1.29 is 14.7 Å². The molecule has 1 atom stereocenters. The first-order chi connectivity index (χ1) is 8.55. The minimum absolute atomic E-state index is 0.441. The van der Waals surface area contributed by atoms with Gasteiger partial charge in [0.05, 0.1) is 0 Å². The van der Waals surface area contributed by atoms with Crippen LogP contribution in [0.5, 0.6) is 0 Å². The lowest BCUT2D eigenvalue weighted by atomic mass is 9.76. The Morgan fingerprint density at radius 2 is 1.89 bits per heavy atom. The average Bonchev–Trinajstić information content (AvgIpc) is 2.33. The third-order valence-electron chi connectivity index (χ3n) is 3.42. The van der Waals surface area contributed by atoms with Gasteiger partial charge in [-0.25, -0.2) is 4.79 Å². The van der Waals surface area contributed by atoms with Crippen LogP contribution in [0.1, 0.15) is 30.9 Å². The summed E-state index contributed by atoms with van der Waals surface area (Å²) >= 11 is 0. The molecule has 0 aromatic heterocycles. The predicted molar refractivity (Wildman–Crippen MR) is 65.7 cm³/mol. The van der Waals surface area contributed by atoms with Gasteiger partial charge in [-0.15, -0.1) is 0 Å². The van der Waals surface area contributed by atoms with E-state index in [-0.39, 0.29) is 0 Å². The molecule has 2 rings (SSSR count).